The van der Waals surface area contributed by atoms with Crippen molar-refractivity contribution in [3.8, 4) is 0 Å². The molecule has 1 aliphatic rings. The van der Waals surface area contributed by atoms with Crippen LogP contribution in [0.1, 0.15) is 24.8 Å². The van der Waals surface area contributed by atoms with E-state index >= 15 is 0 Å². The van der Waals surface area contributed by atoms with Crippen molar-refractivity contribution in [2.24, 2.45) is 0 Å². The normalized spacial score (nSPS) is 14.9. The van der Waals surface area contributed by atoms with Crippen molar-refractivity contribution in [3.63, 3.8) is 0 Å². The van der Waals surface area contributed by atoms with Gasteiger partial charge in [-0.3, -0.25) is 9.59 Å². The van der Waals surface area contributed by atoms with Gasteiger partial charge in [0.05, 0.1) is 0 Å². The van der Waals surface area contributed by atoms with Crippen molar-refractivity contribution in [1.29, 1.82) is 0 Å². The number of thioether (sulfide) groups is 1. The summed E-state index contributed by atoms with van der Waals surface area (Å²) in [6.45, 7) is 0.0556. The molecule has 1 aromatic rings. The monoisotopic (exact) mass is 380 g/mol. The summed E-state index contributed by atoms with van der Waals surface area (Å²) >= 11 is 1.48. The number of hydroxylamine groups is 2. The van der Waals surface area contributed by atoms with Crippen molar-refractivity contribution >= 4 is 35.6 Å². The first-order valence-electron chi connectivity index (χ1n) is 8.05. The summed E-state index contributed by atoms with van der Waals surface area (Å²) < 4.78 is 5.09. The molecular weight excluding hydrogens is 360 g/mol. The van der Waals surface area contributed by atoms with E-state index in [0.29, 0.717) is 10.8 Å². The average molecular weight is 380 g/mol. The largest absolute Gasteiger partial charge is 0.445 e. The van der Waals surface area contributed by atoms with Crippen LogP contribution in [0.25, 0.3) is 0 Å². The Balaban J connectivity index is 1.90. The first kappa shape index (κ1) is 19.8. The van der Waals surface area contributed by atoms with Gasteiger partial charge in [0.25, 0.3) is 11.8 Å². The zero-order valence-corrected chi connectivity index (χ0v) is 15.1. The number of nitrogens with one attached hydrogen (secondary N) is 1. The molecule has 140 valence electrons. The third kappa shape index (κ3) is 5.76. The molecule has 0 aliphatic carbocycles. The summed E-state index contributed by atoms with van der Waals surface area (Å²) in [7, 11) is 0. The van der Waals surface area contributed by atoms with E-state index in [1.807, 2.05) is 24.5 Å². The molecule has 1 N–H and O–H groups in total. The highest BCUT2D eigenvalue weighted by atomic mass is 32.2. The number of nitrogens with zero attached hydrogens (tertiary/aromatic N) is 1. The number of amides is 3. The molecule has 1 saturated heterocycles. The van der Waals surface area contributed by atoms with Crippen LogP contribution in [-0.4, -0.2) is 47.0 Å². The second kappa shape index (κ2) is 9.81. The summed E-state index contributed by atoms with van der Waals surface area (Å²) in [5.41, 5.74) is 0.805. The minimum Gasteiger partial charge on any atom is -0.445 e. The van der Waals surface area contributed by atoms with Crippen LogP contribution in [0.5, 0.6) is 0 Å². The van der Waals surface area contributed by atoms with E-state index in [-0.39, 0.29) is 25.9 Å². The standard InChI is InChI=1S/C17H20N2O6S/c1-26-10-9-13(16(22)25-19-14(20)7-8-15(19)21)18-17(23)24-11-12-5-3-2-4-6-12/h2-6,13H,7-11H2,1H3,(H,18,23)/t13-/m0/s1. The summed E-state index contributed by atoms with van der Waals surface area (Å²) in [5, 5.41) is 2.89. The first-order chi connectivity index (χ1) is 12.5. The SMILES string of the molecule is CSCC[C@H](NC(=O)OCc1ccccc1)C(=O)ON1C(=O)CCC1=O. The number of imide groups is 1. The fourth-order valence-electron chi connectivity index (χ4n) is 2.20. The van der Waals surface area contributed by atoms with E-state index < -0.39 is 29.9 Å². The molecule has 1 atom stereocenters. The molecule has 26 heavy (non-hydrogen) atoms. The highest BCUT2D eigenvalue weighted by Crippen LogP contribution is 2.14. The Morgan fingerprint density at radius 2 is 1.85 bits per heavy atom. The Morgan fingerprint density at radius 3 is 2.46 bits per heavy atom. The second-order valence-electron chi connectivity index (χ2n) is 5.53. The molecular formula is C17H20N2O6S. The van der Waals surface area contributed by atoms with Crippen LogP contribution in [0.3, 0.4) is 0 Å². The summed E-state index contributed by atoms with van der Waals surface area (Å²) in [6, 6.07) is 8.07. The summed E-state index contributed by atoms with van der Waals surface area (Å²) in [6.07, 6.45) is 1.36. The van der Waals surface area contributed by atoms with Crippen LogP contribution in [0, 0.1) is 0 Å². The Kier molecular flexibility index (Phi) is 7.46. The van der Waals surface area contributed by atoms with Gasteiger partial charge in [-0.1, -0.05) is 30.3 Å². The maximum absolute atomic E-state index is 12.3. The van der Waals surface area contributed by atoms with Crippen LogP contribution >= 0.6 is 11.8 Å². The fraction of sp³-hybridized carbons (Fsp3) is 0.412. The Bertz CT molecular complexity index is 650. The number of carbonyl (C=O) groups excluding carboxylic acids is 4. The van der Waals surface area contributed by atoms with Crippen molar-refractivity contribution in [3.05, 3.63) is 35.9 Å². The Labute approximate surface area is 155 Å². The molecule has 0 unspecified atom stereocenters. The highest BCUT2D eigenvalue weighted by molar-refractivity contribution is 7.98. The molecule has 3 amide bonds. The molecule has 1 aromatic carbocycles. The van der Waals surface area contributed by atoms with Crippen molar-refractivity contribution in [2.75, 3.05) is 12.0 Å². The van der Waals surface area contributed by atoms with Crippen LogP contribution in [0.15, 0.2) is 30.3 Å². The number of benzene rings is 1. The number of rotatable bonds is 8. The molecule has 1 fully saturated rings. The lowest BCUT2D eigenvalue weighted by Gasteiger charge is -2.19. The predicted molar refractivity (Wildman–Crippen MR) is 93.7 cm³/mol. The fourth-order valence-corrected chi connectivity index (χ4v) is 2.67. The quantitative estimate of drug-likeness (QED) is 0.684. The van der Waals surface area contributed by atoms with Gasteiger partial charge < -0.3 is 14.9 Å². The van der Waals surface area contributed by atoms with Crippen molar-refractivity contribution < 1.29 is 28.8 Å². The molecule has 1 aliphatic heterocycles. The third-order valence-corrected chi connectivity index (χ3v) is 4.23. The van der Waals surface area contributed by atoms with E-state index in [4.69, 9.17) is 9.57 Å². The molecule has 0 radical (unpaired) electrons. The van der Waals surface area contributed by atoms with E-state index in [1.54, 1.807) is 12.1 Å². The van der Waals surface area contributed by atoms with Gasteiger partial charge in [0.2, 0.25) is 0 Å². The second-order valence-corrected chi connectivity index (χ2v) is 6.52. The van der Waals surface area contributed by atoms with Crippen LogP contribution in [0.2, 0.25) is 0 Å². The van der Waals surface area contributed by atoms with Crippen LogP contribution in [-0.2, 0) is 30.6 Å². The molecule has 0 spiro atoms. The van der Waals surface area contributed by atoms with Gasteiger partial charge in [0.15, 0.2) is 0 Å². The van der Waals surface area contributed by atoms with E-state index in [2.05, 4.69) is 5.32 Å². The van der Waals surface area contributed by atoms with Crippen molar-refractivity contribution in [1.82, 2.24) is 10.4 Å². The maximum atomic E-state index is 12.3. The number of ether oxygens (including phenoxy) is 1. The molecule has 0 aromatic heterocycles. The van der Waals surface area contributed by atoms with E-state index in [1.165, 1.54) is 11.8 Å². The lowest BCUT2D eigenvalue weighted by atomic mass is 10.2. The summed E-state index contributed by atoms with van der Waals surface area (Å²) in [4.78, 5) is 52.2. The first-order valence-corrected chi connectivity index (χ1v) is 9.44. The average Bonchev–Trinajstić information content (AvgIpc) is 2.96. The minimum atomic E-state index is -1.02. The Hall–Kier alpha value is -2.55. The zero-order chi connectivity index (χ0) is 18.9. The van der Waals surface area contributed by atoms with E-state index in [9.17, 15) is 19.2 Å². The predicted octanol–water partition coefficient (Wildman–Crippen LogP) is 1.64. The highest BCUT2D eigenvalue weighted by Gasteiger charge is 2.35. The van der Waals surface area contributed by atoms with Gasteiger partial charge >= 0.3 is 12.1 Å². The van der Waals surface area contributed by atoms with Gasteiger partial charge in [-0.15, -0.1) is 5.06 Å². The lowest BCUT2D eigenvalue weighted by Crippen LogP contribution is -2.45. The molecule has 1 heterocycles. The van der Waals surface area contributed by atoms with Gasteiger partial charge in [-0.2, -0.15) is 11.8 Å². The lowest BCUT2D eigenvalue weighted by molar-refractivity contribution is -0.198. The number of hydrogen-bond acceptors (Lipinski definition) is 7. The van der Waals surface area contributed by atoms with Crippen molar-refractivity contribution in [2.45, 2.75) is 31.9 Å². The third-order valence-electron chi connectivity index (χ3n) is 3.59. The van der Waals surface area contributed by atoms with Crippen LogP contribution in [0.4, 0.5) is 4.79 Å². The molecule has 0 saturated carbocycles. The number of carbonyl (C=O) groups is 4. The smallest absolute Gasteiger partial charge is 0.408 e. The number of alkyl carbamates (subject to hydrolysis) is 1. The maximum Gasteiger partial charge on any atom is 0.408 e. The minimum absolute atomic E-state index is 0.00807. The van der Waals surface area contributed by atoms with E-state index in [0.717, 1.165) is 5.56 Å². The zero-order valence-electron chi connectivity index (χ0n) is 14.3. The molecule has 8 nitrogen and oxygen atoms in total. The molecule has 0 bridgehead atoms. The van der Waals surface area contributed by atoms with Gasteiger partial charge in [0, 0.05) is 12.8 Å². The Morgan fingerprint density at radius 1 is 1.19 bits per heavy atom. The topological polar surface area (TPSA) is 102 Å². The molecule has 9 heteroatoms. The summed E-state index contributed by atoms with van der Waals surface area (Å²) in [5.74, 6) is -1.45. The van der Waals surface area contributed by atoms with Gasteiger partial charge in [-0.25, -0.2) is 9.59 Å². The van der Waals surface area contributed by atoms with Crippen LogP contribution < -0.4 is 5.32 Å². The van der Waals surface area contributed by atoms with Gasteiger partial charge in [-0.05, 0) is 24.0 Å². The number of hydrogen-bond donors (Lipinski definition) is 1. The van der Waals surface area contributed by atoms with Gasteiger partial charge in [0.1, 0.15) is 12.6 Å². The molecule has 2 rings (SSSR count).